The van der Waals surface area contributed by atoms with Crippen molar-refractivity contribution in [2.45, 2.75) is 45.1 Å². The number of amides is 1. The highest BCUT2D eigenvalue weighted by molar-refractivity contribution is 5.76. The normalized spacial score (nSPS) is 24.6. The highest BCUT2D eigenvalue weighted by Crippen LogP contribution is 2.23. The van der Waals surface area contributed by atoms with E-state index < -0.39 is 0 Å². The first-order chi connectivity index (χ1) is 8.22. The molecule has 0 aromatic heterocycles. The molecule has 0 spiro atoms. The SMILES string of the molecule is COCCNC(=O)CCNC1CCCC(C)C1. The fraction of sp³-hybridized carbons (Fsp3) is 0.923. The third kappa shape index (κ3) is 6.64. The first-order valence-electron chi connectivity index (χ1n) is 6.71. The second kappa shape index (κ2) is 8.48. The first kappa shape index (κ1) is 14.5. The van der Waals surface area contributed by atoms with Crippen LogP contribution in [-0.2, 0) is 9.53 Å². The Morgan fingerprint density at radius 2 is 2.18 bits per heavy atom. The van der Waals surface area contributed by atoms with Gasteiger partial charge in [0.2, 0.25) is 5.91 Å². The largest absolute Gasteiger partial charge is 0.383 e. The van der Waals surface area contributed by atoms with Crippen molar-refractivity contribution in [2.24, 2.45) is 5.92 Å². The topological polar surface area (TPSA) is 50.4 Å². The number of ether oxygens (including phenoxy) is 1. The maximum absolute atomic E-state index is 11.4. The van der Waals surface area contributed by atoms with Crippen LogP contribution in [0.15, 0.2) is 0 Å². The number of carbonyl (C=O) groups is 1. The summed E-state index contributed by atoms with van der Waals surface area (Å²) in [6.07, 6.45) is 5.75. The summed E-state index contributed by atoms with van der Waals surface area (Å²) in [4.78, 5) is 11.4. The molecule has 0 bridgehead atoms. The predicted molar refractivity (Wildman–Crippen MR) is 68.9 cm³/mol. The number of carbonyl (C=O) groups excluding carboxylic acids is 1. The zero-order valence-electron chi connectivity index (χ0n) is 11.1. The maximum Gasteiger partial charge on any atom is 0.221 e. The lowest BCUT2D eigenvalue weighted by Crippen LogP contribution is -2.36. The molecule has 1 rings (SSSR count). The molecule has 0 radical (unpaired) electrons. The van der Waals surface area contributed by atoms with Crippen LogP contribution in [0.3, 0.4) is 0 Å². The Labute approximate surface area is 104 Å². The molecular weight excluding hydrogens is 216 g/mol. The standard InChI is InChI=1S/C13H26N2O2/c1-11-4-3-5-12(10-11)14-7-6-13(16)15-8-9-17-2/h11-12,14H,3-10H2,1-2H3,(H,15,16). The summed E-state index contributed by atoms with van der Waals surface area (Å²) in [5, 5.41) is 6.31. The zero-order valence-corrected chi connectivity index (χ0v) is 11.1. The molecule has 2 unspecified atom stereocenters. The van der Waals surface area contributed by atoms with Gasteiger partial charge in [0.05, 0.1) is 6.61 Å². The van der Waals surface area contributed by atoms with Gasteiger partial charge >= 0.3 is 0 Å². The van der Waals surface area contributed by atoms with E-state index in [1.165, 1.54) is 25.7 Å². The molecule has 1 fully saturated rings. The van der Waals surface area contributed by atoms with Crippen LogP contribution in [0.5, 0.6) is 0 Å². The van der Waals surface area contributed by atoms with Crippen LogP contribution < -0.4 is 10.6 Å². The van der Waals surface area contributed by atoms with E-state index in [4.69, 9.17) is 4.74 Å². The number of rotatable bonds is 7. The summed E-state index contributed by atoms with van der Waals surface area (Å²) in [5.41, 5.74) is 0. The Kier molecular flexibility index (Phi) is 7.21. The Bertz CT molecular complexity index is 221. The van der Waals surface area contributed by atoms with Gasteiger partial charge in [-0.25, -0.2) is 0 Å². The van der Waals surface area contributed by atoms with E-state index in [0.717, 1.165) is 12.5 Å². The molecule has 4 nitrogen and oxygen atoms in total. The van der Waals surface area contributed by atoms with Crippen molar-refractivity contribution in [2.75, 3.05) is 26.8 Å². The molecule has 1 aliphatic rings. The number of hydrogen-bond acceptors (Lipinski definition) is 3. The van der Waals surface area contributed by atoms with Gasteiger partial charge in [-0.15, -0.1) is 0 Å². The second-order valence-electron chi connectivity index (χ2n) is 5.02. The van der Waals surface area contributed by atoms with Crippen LogP contribution in [-0.4, -0.2) is 38.8 Å². The minimum atomic E-state index is 0.110. The molecule has 0 saturated heterocycles. The van der Waals surface area contributed by atoms with E-state index in [-0.39, 0.29) is 5.91 Å². The van der Waals surface area contributed by atoms with Crippen LogP contribution in [0.1, 0.15) is 39.0 Å². The summed E-state index contributed by atoms with van der Waals surface area (Å²) in [7, 11) is 1.64. The van der Waals surface area contributed by atoms with Crippen molar-refractivity contribution >= 4 is 5.91 Å². The van der Waals surface area contributed by atoms with E-state index in [9.17, 15) is 4.79 Å². The summed E-state index contributed by atoms with van der Waals surface area (Å²) in [6, 6.07) is 0.616. The van der Waals surface area contributed by atoms with E-state index in [1.54, 1.807) is 7.11 Å². The van der Waals surface area contributed by atoms with Crippen molar-refractivity contribution in [1.82, 2.24) is 10.6 Å². The first-order valence-corrected chi connectivity index (χ1v) is 6.71. The Balaban J connectivity index is 2.00. The Morgan fingerprint density at radius 3 is 2.88 bits per heavy atom. The van der Waals surface area contributed by atoms with Gasteiger partial charge in [-0.2, -0.15) is 0 Å². The molecule has 4 heteroatoms. The van der Waals surface area contributed by atoms with Crippen LogP contribution in [0, 0.1) is 5.92 Å². The summed E-state index contributed by atoms with van der Waals surface area (Å²) < 4.78 is 4.87. The molecule has 0 aromatic rings. The van der Waals surface area contributed by atoms with Gasteiger partial charge in [-0.05, 0) is 18.8 Å². The van der Waals surface area contributed by atoms with Gasteiger partial charge < -0.3 is 15.4 Å². The molecule has 1 aliphatic carbocycles. The van der Waals surface area contributed by atoms with Crippen molar-refractivity contribution < 1.29 is 9.53 Å². The molecule has 2 N–H and O–H groups in total. The van der Waals surface area contributed by atoms with Crippen LogP contribution in [0.25, 0.3) is 0 Å². The molecule has 0 aromatic carbocycles. The van der Waals surface area contributed by atoms with Gasteiger partial charge in [0.25, 0.3) is 0 Å². The molecule has 0 aliphatic heterocycles. The second-order valence-corrected chi connectivity index (χ2v) is 5.02. The van der Waals surface area contributed by atoms with Gasteiger partial charge in [0, 0.05) is 32.7 Å². The highest BCUT2D eigenvalue weighted by atomic mass is 16.5. The summed E-state index contributed by atoms with van der Waals surface area (Å²) >= 11 is 0. The maximum atomic E-state index is 11.4. The van der Waals surface area contributed by atoms with E-state index in [0.29, 0.717) is 25.6 Å². The van der Waals surface area contributed by atoms with E-state index in [2.05, 4.69) is 17.6 Å². The van der Waals surface area contributed by atoms with Gasteiger partial charge in [0.1, 0.15) is 0 Å². The van der Waals surface area contributed by atoms with Gasteiger partial charge in [-0.1, -0.05) is 19.8 Å². The lowest BCUT2D eigenvalue weighted by molar-refractivity contribution is -0.121. The van der Waals surface area contributed by atoms with E-state index in [1.807, 2.05) is 0 Å². The average Bonchev–Trinajstić information content (AvgIpc) is 2.29. The summed E-state index contributed by atoms with van der Waals surface area (Å²) in [6.45, 7) is 4.29. The van der Waals surface area contributed by atoms with Crippen molar-refractivity contribution in [3.63, 3.8) is 0 Å². The van der Waals surface area contributed by atoms with Crippen LogP contribution >= 0.6 is 0 Å². The average molecular weight is 242 g/mol. The predicted octanol–water partition coefficient (Wildman–Crippen LogP) is 1.31. The number of nitrogens with one attached hydrogen (secondary N) is 2. The molecule has 1 amide bonds. The molecular formula is C13H26N2O2. The minimum Gasteiger partial charge on any atom is -0.383 e. The molecule has 1 saturated carbocycles. The molecule has 17 heavy (non-hydrogen) atoms. The number of hydrogen-bond donors (Lipinski definition) is 2. The molecule has 100 valence electrons. The Morgan fingerprint density at radius 1 is 1.35 bits per heavy atom. The minimum absolute atomic E-state index is 0.110. The fourth-order valence-electron chi connectivity index (χ4n) is 2.39. The zero-order chi connectivity index (χ0) is 12.5. The van der Waals surface area contributed by atoms with Gasteiger partial charge in [0.15, 0.2) is 0 Å². The van der Waals surface area contributed by atoms with Crippen molar-refractivity contribution in [3.8, 4) is 0 Å². The van der Waals surface area contributed by atoms with Gasteiger partial charge in [-0.3, -0.25) is 4.79 Å². The van der Waals surface area contributed by atoms with E-state index >= 15 is 0 Å². The summed E-state index contributed by atoms with van der Waals surface area (Å²) in [5.74, 6) is 0.940. The smallest absolute Gasteiger partial charge is 0.221 e. The lowest BCUT2D eigenvalue weighted by Gasteiger charge is -2.27. The quantitative estimate of drug-likeness (QED) is 0.662. The monoisotopic (exact) mass is 242 g/mol. The van der Waals surface area contributed by atoms with Crippen molar-refractivity contribution in [1.29, 1.82) is 0 Å². The third-order valence-corrected chi connectivity index (χ3v) is 3.35. The molecule has 2 atom stereocenters. The van der Waals surface area contributed by atoms with Crippen LogP contribution in [0.2, 0.25) is 0 Å². The van der Waals surface area contributed by atoms with Crippen molar-refractivity contribution in [3.05, 3.63) is 0 Å². The van der Waals surface area contributed by atoms with Crippen LogP contribution in [0.4, 0.5) is 0 Å². The highest BCUT2D eigenvalue weighted by Gasteiger charge is 2.18. The Hall–Kier alpha value is -0.610. The number of methoxy groups -OCH3 is 1. The molecule has 0 heterocycles. The third-order valence-electron chi connectivity index (χ3n) is 3.35. The fourth-order valence-corrected chi connectivity index (χ4v) is 2.39. The lowest BCUT2D eigenvalue weighted by atomic mass is 9.87.